The van der Waals surface area contributed by atoms with Crippen molar-refractivity contribution in [2.45, 2.75) is 38.7 Å². The maximum absolute atomic E-state index is 11.8. The van der Waals surface area contributed by atoms with Crippen molar-refractivity contribution in [3.05, 3.63) is 36.0 Å². The number of esters is 1. The van der Waals surface area contributed by atoms with E-state index in [0.717, 1.165) is 5.57 Å². The highest BCUT2D eigenvalue weighted by molar-refractivity contribution is 5.95. The minimum atomic E-state index is -0.315. The van der Waals surface area contributed by atoms with E-state index in [9.17, 15) is 9.59 Å². The van der Waals surface area contributed by atoms with Crippen molar-refractivity contribution in [3.8, 4) is 0 Å². The van der Waals surface area contributed by atoms with E-state index in [1.807, 2.05) is 13.0 Å². The standard InChI is InChI=1S/C15H18O3/c1-9-4-7-13(16)10(2)5-6-12-11(3)15(17)18-14(12)8-9/h8,12,14H,2-7H2,1H3/b9-8+/t12-,14-/m0/s1. The zero-order valence-electron chi connectivity index (χ0n) is 10.7. The predicted molar refractivity (Wildman–Crippen MR) is 68.9 cm³/mol. The summed E-state index contributed by atoms with van der Waals surface area (Å²) in [7, 11) is 0. The van der Waals surface area contributed by atoms with E-state index in [4.69, 9.17) is 4.74 Å². The fourth-order valence-electron chi connectivity index (χ4n) is 2.44. The molecule has 2 atom stereocenters. The number of carbonyl (C=O) groups excluding carboxylic acids is 2. The van der Waals surface area contributed by atoms with Gasteiger partial charge in [-0.1, -0.05) is 18.7 Å². The molecule has 1 fully saturated rings. The molecule has 2 aliphatic rings. The van der Waals surface area contributed by atoms with E-state index >= 15 is 0 Å². The Morgan fingerprint density at radius 1 is 1.22 bits per heavy atom. The van der Waals surface area contributed by atoms with E-state index in [1.54, 1.807) is 0 Å². The molecule has 0 aromatic carbocycles. The maximum Gasteiger partial charge on any atom is 0.334 e. The van der Waals surface area contributed by atoms with Gasteiger partial charge in [-0.05, 0) is 37.8 Å². The number of ketones is 1. The van der Waals surface area contributed by atoms with Crippen molar-refractivity contribution in [3.63, 3.8) is 0 Å². The van der Waals surface area contributed by atoms with Gasteiger partial charge in [0.1, 0.15) is 6.10 Å². The van der Waals surface area contributed by atoms with Gasteiger partial charge in [-0.3, -0.25) is 4.79 Å². The Hall–Kier alpha value is -1.64. The van der Waals surface area contributed by atoms with Crippen LogP contribution in [-0.2, 0) is 14.3 Å². The van der Waals surface area contributed by atoms with Crippen molar-refractivity contribution in [1.29, 1.82) is 0 Å². The second kappa shape index (κ2) is 4.92. The number of hydrogen-bond donors (Lipinski definition) is 0. The van der Waals surface area contributed by atoms with Crippen LogP contribution in [0.25, 0.3) is 0 Å². The van der Waals surface area contributed by atoms with Crippen LogP contribution in [0, 0.1) is 5.92 Å². The number of hydrogen-bond acceptors (Lipinski definition) is 3. The first-order valence-corrected chi connectivity index (χ1v) is 6.27. The van der Waals surface area contributed by atoms with Crippen LogP contribution < -0.4 is 0 Å². The summed E-state index contributed by atoms with van der Waals surface area (Å²) in [5, 5.41) is 0. The van der Waals surface area contributed by atoms with Gasteiger partial charge >= 0.3 is 5.97 Å². The van der Waals surface area contributed by atoms with Crippen LogP contribution in [0.1, 0.15) is 32.6 Å². The predicted octanol–water partition coefficient (Wildman–Crippen LogP) is 2.73. The van der Waals surface area contributed by atoms with Gasteiger partial charge in [-0.15, -0.1) is 0 Å². The fourth-order valence-corrected chi connectivity index (χ4v) is 2.44. The largest absolute Gasteiger partial charge is 0.454 e. The lowest BCUT2D eigenvalue weighted by atomic mass is 9.87. The quantitative estimate of drug-likeness (QED) is 0.375. The van der Waals surface area contributed by atoms with Crippen molar-refractivity contribution in [1.82, 2.24) is 0 Å². The zero-order chi connectivity index (χ0) is 13.3. The number of ether oxygens (including phenoxy) is 1. The van der Waals surface area contributed by atoms with Crippen molar-refractivity contribution >= 4 is 11.8 Å². The third-order valence-electron chi connectivity index (χ3n) is 3.70. The van der Waals surface area contributed by atoms with Gasteiger partial charge in [0.05, 0.1) is 0 Å². The molecule has 0 aromatic rings. The summed E-state index contributed by atoms with van der Waals surface area (Å²) in [6, 6.07) is 0. The third-order valence-corrected chi connectivity index (χ3v) is 3.70. The van der Waals surface area contributed by atoms with Gasteiger partial charge in [-0.2, -0.15) is 0 Å². The highest BCUT2D eigenvalue weighted by Gasteiger charge is 2.37. The SMILES string of the molecule is C=C1CC[C@H]2C(=C)C(=O)O[C@H]2/C=C(\C)CCC1=O. The molecule has 0 amide bonds. The molecule has 2 rings (SSSR count). The third kappa shape index (κ3) is 2.45. The number of carbonyl (C=O) groups is 2. The molecule has 0 saturated carbocycles. The molecule has 1 saturated heterocycles. The van der Waals surface area contributed by atoms with Crippen LogP contribution in [0.4, 0.5) is 0 Å². The van der Waals surface area contributed by atoms with E-state index < -0.39 is 0 Å². The molecule has 3 heteroatoms. The Kier molecular flexibility index (Phi) is 3.50. The summed E-state index contributed by atoms with van der Waals surface area (Å²) in [5.74, 6) is -0.211. The van der Waals surface area contributed by atoms with Crippen LogP contribution in [0.5, 0.6) is 0 Å². The first kappa shape index (κ1) is 12.8. The van der Waals surface area contributed by atoms with Crippen molar-refractivity contribution < 1.29 is 14.3 Å². The highest BCUT2D eigenvalue weighted by Crippen LogP contribution is 2.34. The summed E-state index contributed by atoms with van der Waals surface area (Å²) in [6.45, 7) is 9.59. The Labute approximate surface area is 107 Å². The average molecular weight is 246 g/mol. The molecule has 0 bridgehead atoms. The lowest BCUT2D eigenvalue weighted by Crippen LogP contribution is -2.17. The molecule has 96 valence electrons. The summed E-state index contributed by atoms with van der Waals surface area (Å²) >= 11 is 0. The molecule has 1 aliphatic heterocycles. The molecule has 0 N–H and O–H groups in total. The van der Waals surface area contributed by atoms with Crippen molar-refractivity contribution in [2.24, 2.45) is 5.92 Å². The van der Waals surface area contributed by atoms with Gasteiger partial charge in [0, 0.05) is 17.9 Å². The van der Waals surface area contributed by atoms with Crippen LogP contribution in [-0.4, -0.2) is 17.9 Å². The van der Waals surface area contributed by atoms with Crippen molar-refractivity contribution in [2.75, 3.05) is 0 Å². The minimum Gasteiger partial charge on any atom is -0.454 e. The van der Waals surface area contributed by atoms with E-state index in [-0.39, 0.29) is 23.8 Å². The number of allylic oxidation sites excluding steroid dienone is 2. The fraction of sp³-hybridized carbons (Fsp3) is 0.467. The van der Waals surface area contributed by atoms with Crippen LogP contribution >= 0.6 is 0 Å². The number of fused-ring (bicyclic) bond motifs is 1. The molecule has 18 heavy (non-hydrogen) atoms. The molecule has 0 spiro atoms. The van der Waals surface area contributed by atoms with Crippen LogP contribution in [0.3, 0.4) is 0 Å². The second-order valence-corrected chi connectivity index (χ2v) is 5.08. The molecule has 1 aliphatic carbocycles. The van der Waals surface area contributed by atoms with E-state index in [2.05, 4.69) is 13.2 Å². The highest BCUT2D eigenvalue weighted by atomic mass is 16.5. The molecular weight excluding hydrogens is 228 g/mol. The number of Topliss-reactive ketones (excluding diaryl/α,β-unsaturated/α-hetero) is 1. The van der Waals surface area contributed by atoms with Gasteiger partial charge < -0.3 is 4.74 Å². The van der Waals surface area contributed by atoms with Gasteiger partial charge in [0.15, 0.2) is 5.78 Å². The summed E-state index contributed by atoms with van der Waals surface area (Å²) in [4.78, 5) is 23.3. The average Bonchev–Trinajstić information content (AvgIpc) is 2.58. The van der Waals surface area contributed by atoms with Gasteiger partial charge in [0.25, 0.3) is 0 Å². The van der Waals surface area contributed by atoms with Gasteiger partial charge in [0.2, 0.25) is 0 Å². The smallest absolute Gasteiger partial charge is 0.334 e. The summed E-state index contributed by atoms with van der Waals surface area (Å²) in [6.07, 6.45) is 4.25. The molecule has 0 unspecified atom stereocenters. The maximum atomic E-state index is 11.8. The number of rotatable bonds is 0. The van der Waals surface area contributed by atoms with Crippen LogP contribution in [0.15, 0.2) is 36.0 Å². The Balaban J connectivity index is 2.26. The summed E-state index contributed by atoms with van der Waals surface area (Å²) < 4.78 is 5.31. The Morgan fingerprint density at radius 3 is 2.67 bits per heavy atom. The van der Waals surface area contributed by atoms with E-state index in [0.29, 0.717) is 36.8 Å². The Bertz CT molecular complexity index is 456. The first-order valence-electron chi connectivity index (χ1n) is 6.27. The zero-order valence-corrected chi connectivity index (χ0v) is 10.7. The molecule has 1 heterocycles. The summed E-state index contributed by atoms with van der Waals surface area (Å²) in [5.41, 5.74) is 2.25. The van der Waals surface area contributed by atoms with Gasteiger partial charge in [-0.25, -0.2) is 4.79 Å². The molecule has 0 radical (unpaired) electrons. The monoisotopic (exact) mass is 246 g/mol. The molecule has 0 aromatic heterocycles. The lowest BCUT2D eigenvalue weighted by molar-refractivity contribution is -0.137. The molecule has 3 nitrogen and oxygen atoms in total. The lowest BCUT2D eigenvalue weighted by Gasteiger charge is -2.17. The minimum absolute atomic E-state index is 0.0184. The molecular formula is C15H18O3. The Morgan fingerprint density at radius 2 is 1.94 bits per heavy atom. The van der Waals surface area contributed by atoms with E-state index in [1.165, 1.54) is 0 Å². The normalized spacial score (nSPS) is 32.6. The van der Waals surface area contributed by atoms with Crippen LogP contribution in [0.2, 0.25) is 0 Å². The topological polar surface area (TPSA) is 43.4 Å². The second-order valence-electron chi connectivity index (χ2n) is 5.08. The first-order chi connectivity index (χ1) is 8.49.